The molecule has 12 heavy (non-hydrogen) atoms. The quantitative estimate of drug-likeness (QED) is 0.224. The van der Waals surface area contributed by atoms with Crippen LogP contribution in [0.2, 0.25) is 0 Å². The maximum Gasteiger partial charge on any atom is 0.245 e. The van der Waals surface area contributed by atoms with Gasteiger partial charge in [-0.05, 0) is 12.8 Å². The molecule has 0 saturated heterocycles. The Bertz CT molecular complexity index is 165. The fourth-order valence-electron chi connectivity index (χ4n) is 1.36. The maximum atomic E-state index is 9.16. The Balaban J connectivity index is 2.86. The highest BCUT2D eigenvalue weighted by atomic mass is 16.6. The second-order valence-electron chi connectivity index (χ2n) is 3.30. The topological polar surface area (TPSA) is 101 Å². The highest BCUT2D eigenvalue weighted by molar-refractivity contribution is 4.90. The molecule has 0 aromatic heterocycles. The van der Waals surface area contributed by atoms with Gasteiger partial charge in [-0.3, -0.25) is 0 Å². The van der Waals surface area contributed by atoms with E-state index in [1.54, 1.807) is 0 Å². The van der Waals surface area contributed by atoms with Crippen molar-refractivity contribution in [2.75, 3.05) is 0 Å². The summed E-state index contributed by atoms with van der Waals surface area (Å²) >= 11 is 0. The first kappa shape index (κ1) is 9.88. The van der Waals surface area contributed by atoms with Gasteiger partial charge in [0.25, 0.3) is 0 Å². The minimum atomic E-state index is -2.82. The van der Waals surface area contributed by atoms with Crippen LogP contribution in [0, 0.1) is 0 Å². The van der Waals surface area contributed by atoms with Crippen LogP contribution in [0.4, 0.5) is 0 Å². The smallest absolute Gasteiger partial charge is 0.245 e. The van der Waals surface area contributed by atoms with Gasteiger partial charge in [0.05, 0.1) is 0 Å². The summed E-state index contributed by atoms with van der Waals surface area (Å²) in [5.41, 5.74) is 0. The van der Waals surface area contributed by atoms with Crippen LogP contribution in [-0.4, -0.2) is 43.2 Å². The Hall–Kier alpha value is -0.200. The molecule has 0 bridgehead atoms. The van der Waals surface area contributed by atoms with Crippen molar-refractivity contribution in [1.29, 1.82) is 0 Å². The predicted molar refractivity (Wildman–Crippen MR) is 38.8 cm³/mol. The van der Waals surface area contributed by atoms with Crippen LogP contribution in [0.3, 0.4) is 0 Å². The Kier molecular flexibility index (Phi) is 2.42. The van der Waals surface area contributed by atoms with Gasteiger partial charge in [0.1, 0.15) is 6.10 Å². The van der Waals surface area contributed by atoms with Crippen molar-refractivity contribution in [2.24, 2.45) is 0 Å². The van der Waals surface area contributed by atoms with Gasteiger partial charge in [-0.2, -0.15) is 0 Å². The first-order chi connectivity index (χ1) is 5.38. The molecule has 5 N–H and O–H groups in total. The van der Waals surface area contributed by atoms with Gasteiger partial charge in [0, 0.05) is 6.42 Å². The lowest BCUT2D eigenvalue weighted by molar-refractivity contribution is -0.382. The van der Waals surface area contributed by atoms with Crippen molar-refractivity contribution >= 4 is 0 Å². The Morgan fingerprint density at radius 1 is 1.00 bits per heavy atom. The monoisotopic (exact) mass is 178 g/mol. The summed E-state index contributed by atoms with van der Waals surface area (Å²) in [6, 6.07) is 0. The lowest BCUT2D eigenvalue weighted by atomic mass is 9.98. The summed E-state index contributed by atoms with van der Waals surface area (Å²) in [6.45, 7) is 0. The van der Waals surface area contributed by atoms with E-state index in [4.69, 9.17) is 25.5 Å². The van der Waals surface area contributed by atoms with Crippen LogP contribution in [0.15, 0.2) is 0 Å². The zero-order valence-electron chi connectivity index (χ0n) is 6.64. The van der Waals surface area contributed by atoms with Crippen LogP contribution in [-0.2, 0) is 0 Å². The van der Waals surface area contributed by atoms with Crippen LogP contribution in [0.5, 0.6) is 0 Å². The third-order valence-electron chi connectivity index (χ3n) is 2.31. The van der Waals surface area contributed by atoms with E-state index in [2.05, 4.69) is 0 Å². The third kappa shape index (κ3) is 1.46. The van der Waals surface area contributed by atoms with Crippen LogP contribution in [0.25, 0.3) is 0 Å². The molecule has 1 saturated carbocycles. The molecule has 1 rings (SSSR count). The largest absolute Gasteiger partial charge is 0.387 e. The van der Waals surface area contributed by atoms with Gasteiger partial charge in [-0.25, -0.2) is 0 Å². The molecule has 0 amide bonds. The zero-order chi connectivity index (χ0) is 9.41. The molecule has 1 aliphatic carbocycles. The van der Waals surface area contributed by atoms with Crippen LogP contribution in [0.1, 0.15) is 25.7 Å². The summed E-state index contributed by atoms with van der Waals surface area (Å²) in [5, 5.41) is 45.7. The Morgan fingerprint density at radius 2 is 1.58 bits per heavy atom. The maximum absolute atomic E-state index is 9.16. The minimum Gasteiger partial charge on any atom is -0.387 e. The second kappa shape index (κ2) is 2.93. The fourth-order valence-corrected chi connectivity index (χ4v) is 1.36. The molecule has 1 aliphatic rings. The van der Waals surface area contributed by atoms with Gasteiger partial charge in [-0.1, -0.05) is 6.42 Å². The lowest BCUT2D eigenvalue weighted by Crippen LogP contribution is -2.60. The van der Waals surface area contributed by atoms with E-state index in [0.29, 0.717) is 12.8 Å². The molecule has 0 aromatic rings. The molecule has 0 aliphatic heterocycles. The van der Waals surface area contributed by atoms with E-state index >= 15 is 0 Å². The third-order valence-corrected chi connectivity index (χ3v) is 2.31. The molecule has 0 aromatic carbocycles. The predicted octanol–water partition coefficient (Wildman–Crippen LogP) is -1.72. The average Bonchev–Trinajstić information content (AvgIpc) is 2.02. The Labute approximate surface area is 69.9 Å². The van der Waals surface area contributed by atoms with Crippen molar-refractivity contribution in [1.82, 2.24) is 0 Å². The van der Waals surface area contributed by atoms with Crippen molar-refractivity contribution in [3.8, 4) is 0 Å². The molecule has 1 fully saturated rings. The minimum absolute atomic E-state index is 0.142. The van der Waals surface area contributed by atoms with Gasteiger partial charge in [0.2, 0.25) is 11.6 Å². The van der Waals surface area contributed by atoms with Gasteiger partial charge >= 0.3 is 0 Å². The standard InChI is InChI=1S/C7H14O5/c8-5-3-1-2-4-6(9,10)7(5,11)12/h5,8-12H,1-4H2. The second-order valence-corrected chi connectivity index (χ2v) is 3.30. The summed E-state index contributed by atoms with van der Waals surface area (Å²) in [6.07, 6.45) is -0.484. The number of aliphatic hydroxyl groups excluding tert-OH is 1. The average molecular weight is 178 g/mol. The lowest BCUT2D eigenvalue weighted by Gasteiger charge is -2.36. The molecule has 0 heterocycles. The summed E-state index contributed by atoms with van der Waals surface area (Å²) < 4.78 is 0. The molecular formula is C7H14O5. The molecule has 5 nitrogen and oxygen atoms in total. The van der Waals surface area contributed by atoms with Gasteiger partial charge in [0.15, 0.2) is 0 Å². The first-order valence-electron chi connectivity index (χ1n) is 3.95. The fraction of sp³-hybridized carbons (Fsp3) is 1.00. The number of rotatable bonds is 0. The zero-order valence-corrected chi connectivity index (χ0v) is 6.64. The van der Waals surface area contributed by atoms with E-state index in [-0.39, 0.29) is 12.8 Å². The van der Waals surface area contributed by atoms with Crippen molar-refractivity contribution < 1.29 is 25.5 Å². The van der Waals surface area contributed by atoms with E-state index < -0.39 is 17.7 Å². The van der Waals surface area contributed by atoms with Crippen molar-refractivity contribution in [2.45, 2.75) is 43.4 Å². The SMILES string of the molecule is OC1CCCCC(O)(O)C1(O)O. The van der Waals surface area contributed by atoms with E-state index in [0.717, 1.165) is 0 Å². The number of hydrogen-bond donors (Lipinski definition) is 5. The first-order valence-corrected chi connectivity index (χ1v) is 3.95. The van der Waals surface area contributed by atoms with Gasteiger partial charge < -0.3 is 25.5 Å². The van der Waals surface area contributed by atoms with Crippen molar-refractivity contribution in [3.05, 3.63) is 0 Å². The van der Waals surface area contributed by atoms with Crippen LogP contribution < -0.4 is 0 Å². The molecule has 1 unspecified atom stereocenters. The summed E-state index contributed by atoms with van der Waals surface area (Å²) in [7, 11) is 0. The van der Waals surface area contributed by atoms with E-state index in [9.17, 15) is 0 Å². The number of aliphatic hydroxyl groups is 5. The highest BCUT2D eigenvalue weighted by Gasteiger charge is 2.53. The molecule has 0 spiro atoms. The molecule has 1 atom stereocenters. The molecule has 5 heteroatoms. The summed E-state index contributed by atoms with van der Waals surface area (Å²) in [5.74, 6) is -5.42. The normalized spacial score (nSPS) is 34.2. The molecule has 0 radical (unpaired) electrons. The molecular weight excluding hydrogens is 164 g/mol. The van der Waals surface area contributed by atoms with E-state index in [1.807, 2.05) is 0 Å². The Morgan fingerprint density at radius 3 is 2.17 bits per heavy atom. The van der Waals surface area contributed by atoms with Gasteiger partial charge in [-0.15, -0.1) is 0 Å². The van der Waals surface area contributed by atoms with Crippen LogP contribution >= 0.6 is 0 Å². The van der Waals surface area contributed by atoms with E-state index in [1.165, 1.54) is 0 Å². The number of hydrogen-bond acceptors (Lipinski definition) is 5. The highest BCUT2D eigenvalue weighted by Crippen LogP contribution is 2.32. The molecule has 72 valence electrons. The summed E-state index contributed by atoms with van der Waals surface area (Å²) in [4.78, 5) is 0. The van der Waals surface area contributed by atoms with Crippen molar-refractivity contribution in [3.63, 3.8) is 0 Å².